The molecule has 0 radical (unpaired) electrons. The molecule has 0 saturated heterocycles. The number of amides is 3. The molecule has 0 heterocycles. The van der Waals surface area contributed by atoms with Crippen molar-refractivity contribution in [3.05, 3.63) is 36.4 Å². The zero-order chi connectivity index (χ0) is 34.9. The first-order chi connectivity index (χ1) is 22.5. The fourth-order valence-corrected chi connectivity index (χ4v) is 4.97. The van der Waals surface area contributed by atoms with Crippen molar-refractivity contribution in [2.45, 2.75) is 137 Å². The Kier molecular flexibility index (Phi) is 21.5. The van der Waals surface area contributed by atoms with Gasteiger partial charge in [0.15, 0.2) is 6.10 Å². The van der Waals surface area contributed by atoms with Crippen molar-refractivity contribution in [2.24, 2.45) is 5.41 Å². The lowest BCUT2D eigenvalue weighted by molar-refractivity contribution is -0.166. The molecule has 1 rings (SSSR count). The van der Waals surface area contributed by atoms with Crippen LogP contribution in [0.15, 0.2) is 36.4 Å². The minimum absolute atomic E-state index is 0.0178. The summed E-state index contributed by atoms with van der Waals surface area (Å²) in [5.74, 6) is -2.25. The lowest BCUT2D eigenvalue weighted by atomic mass is 9.86. The van der Waals surface area contributed by atoms with Crippen LogP contribution < -0.4 is 16.0 Å². The Morgan fingerprint density at radius 3 is 1.77 bits per heavy atom. The van der Waals surface area contributed by atoms with E-state index in [1.54, 1.807) is 38.1 Å². The summed E-state index contributed by atoms with van der Waals surface area (Å²) in [6, 6.07) is 6.96. The number of para-hydroxylation sites is 2. The highest BCUT2D eigenvalue weighted by atomic mass is 16.6. The van der Waals surface area contributed by atoms with Gasteiger partial charge in [-0.25, -0.2) is 0 Å². The van der Waals surface area contributed by atoms with Crippen molar-refractivity contribution in [2.75, 3.05) is 23.8 Å². The maximum Gasteiger partial charge on any atom is 0.303 e. The summed E-state index contributed by atoms with van der Waals surface area (Å²) in [5.41, 5.74) is -0.0306. The van der Waals surface area contributed by atoms with Crippen LogP contribution in [0.25, 0.3) is 0 Å². The summed E-state index contributed by atoms with van der Waals surface area (Å²) < 4.78 is 10.2. The molecule has 10 heteroatoms. The van der Waals surface area contributed by atoms with Crippen LogP contribution in [0, 0.1) is 5.41 Å². The van der Waals surface area contributed by atoms with Crippen molar-refractivity contribution in [3.63, 3.8) is 0 Å². The molecule has 1 aromatic rings. The Morgan fingerprint density at radius 2 is 1.23 bits per heavy atom. The van der Waals surface area contributed by atoms with Gasteiger partial charge in [0, 0.05) is 38.6 Å². The standard InChI is InChI=1S/C37H59N3O7/c1-6-7-8-9-10-11-12-13-14-15-16-17-18-19-20-25-33(43)39-31-23-21-22-24-32(31)40-34(44)26-27-38-36(45)35(47-30(3)42)37(4,5)28-46-29(2)41/h13-14,21-24,35H,6-12,15-20,25-28H2,1-5H3,(H,38,45)(H,39,43)(H,40,44)/b14-13-. The topological polar surface area (TPSA) is 140 Å². The number of anilines is 2. The number of carbonyl (C=O) groups is 5. The fraction of sp³-hybridized carbons (Fsp3) is 0.649. The van der Waals surface area contributed by atoms with Crippen LogP contribution in [0.1, 0.15) is 131 Å². The number of carbonyl (C=O) groups excluding carboxylic acids is 5. The molecule has 1 atom stereocenters. The van der Waals surface area contributed by atoms with Crippen molar-refractivity contribution in [1.82, 2.24) is 5.32 Å². The van der Waals surface area contributed by atoms with Crippen LogP contribution in [-0.4, -0.2) is 48.9 Å². The second-order valence-electron chi connectivity index (χ2n) is 12.8. The smallest absolute Gasteiger partial charge is 0.303 e. The molecule has 0 aliphatic rings. The number of nitrogens with one attached hydrogen (secondary N) is 3. The van der Waals surface area contributed by atoms with Gasteiger partial charge in [-0.2, -0.15) is 0 Å². The Hall–Kier alpha value is -3.69. The van der Waals surface area contributed by atoms with E-state index in [4.69, 9.17) is 9.47 Å². The largest absolute Gasteiger partial charge is 0.465 e. The number of unbranched alkanes of at least 4 members (excludes halogenated alkanes) is 11. The van der Waals surface area contributed by atoms with Gasteiger partial charge in [-0.3, -0.25) is 24.0 Å². The average molecular weight is 658 g/mol. The van der Waals surface area contributed by atoms with Crippen LogP contribution in [0.4, 0.5) is 11.4 Å². The van der Waals surface area contributed by atoms with Gasteiger partial charge < -0.3 is 25.4 Å². The van der Waals surface area contributed by atoms with Crippen molar-refractivity contribution in [3.8, 4) is 0 Å². The highest BCUT2D eigenvalue weighted by Gasteiger charge is 2.39. The first-order valence-electron chi connectivity index (χ1n) is 17.4. The summed E-state index contributed by atoms with van der Waals surface area (Å²) in [6.07, 6.45) is 19.3. The van der Waals surface area contributed by atoms with Crippen LogP contribution in [0.5, 0.6) is 0 Å². The van der Waals surface area contributed by atoms with Gasteiger partial charge >= 0.3 is 11.9 Å². The lowest BCUT2D eigenvalue weighted by Crippen LogP contribution is -2.49. The summed E-state index contributed by atoms with van der Waals surface area (Å²) in [6.45, 7) is 7.81. The highest BCUT2D eigenvalue weighted by Crippen LogP contribution is 2.25. The van der Waals surface area contributed by atoms with E-state index in [0.29, 0.717) is 17.8 Å². The molecule has 1 aromatic carbocycles. The van der Waals surface area contributed by atoms with Gasteiger partial charge in [-0.15, -0.1) is 0 Å². The molecule has 10 nitrogen and oxygen atoms in total. The summed E-state index contributed by atoms with van der Waals surface area (Å²) in [5, 5.41) is 8.29. The first-order valence-corrected chi connectivity index (χ1v) is 17.4. The maximum atomic E-state index is 12.8. The zero-order valence-electron chi connectivity index (χ0n) is 29.4. The van der Waals surface area contributed by atoms with Gasteiger partial charge in [0.05, 0.1) is 11.4 Å². The molecular weight excluding hydrogens is 598 g/mol. The average Bonchev–Trinajstić information content (AvgIpc) is 3.01. The van der Waals surface area contributed by atoms with Gasteiger partial charge in [0.2, 0.25) is 11.8 Å². The minimum Gasteiger partial charge on any atom is -0.465 e. The van der Waals surface area contributed by atoms with Crippen molar-refractivity contribution in [1.29, 1.82) is 0 Å². The van der Waals surface area contributed by atoms with Crippen molar-refractivity contribution < 1.29 is 33.4 Å². The van der Waals surface area contributed by atoms with E-state index in [9.17, 15) is 24.0 Å². The van der Waals surface area contributed by atoms with Crippen LogP contribution >= 0.6 is 0 Å². The van der Waals surface area contributed by atoms with E-state index in [-0.39, 0.29) is 31.4 Å². The van der Waals surface area contributed by atoms with Gasteiger partial charge in [-0.05, 0) is 44.2 Å². The predicted molar refractivity (Wildman–Crippen MR) is 187 cm³/mol. The molecular formula is C37H59N3O7. The predicted octanol–water partition coefficient (Wildman–Crippen LogP) is 7.63. The lowest BCUT2D eigenvalue weighted by Gasteiger charge is -2.31. The Bertz CT molecular complexity index is 1130. The summed E-state index contributed by atoms with van der Waals surface area (Å²) in [4.78, 5) is 60.9. The van der Waals surface area contributed by atoms with E-state index in [0.717, 1.165) is 32.1 Å². The van der Waals surface area contributed by atoms with Crippen LogP contribution in [-0.2, 0) is 33.4 Å². The molecule has 0 saturated carbocycles. The number of hydrogen-bond donors (Lipinski definition) is 3. The number of benzene rings is 1. The summed E-state index contributed by atoms with van der Waals surface area (Å²) in [7, 11) is 0. The number of rotatable bonds is 25. The fourth-order valence-electron chi connectivity index (χ4n) is 4.97. The molecule has 264 valence electrons. The SMILES string of the molecule is CCCCCCCC/C=C\CCCCCCCC(=O)Nc1ccccc1NC(=O)CCNC(=O)C(OC(C)=O)C(C)(C)COC(C)=O. The molecule has 47 heavy (non-hydrogen) atoms. The maximum absolute atomic E-state index is 12.8. The second-order valence-corrected chi connectivity index (χ2v) is 12.8. The molecule has 3 amide bonds. The highest BCUT2D eigenvalue weighted by molar-refractivity contribution is 5.99. The normalized spacial score (nSPS) is 11.9. The van der Waals surface area contributed by atoms with Crippen molar-refractivity contribution >= 4 is 41.0 Å². The monoisotopic (exact) mass is 657 g/mol. The third-order valence-corrected chi connectivity index (χ3v) is 7.67. The number of hydrogen-bond acceptors (Lipinski definition) is 7. The molecule has 3 N–H and O–H groups in total. The molecule has 0 aliphatic heterocycles. The number of ether oxygens (including phenoxy) is 2. The van der Waals surface area contributed by atoms with Crippen LogP contribution in [0.3, 0.4) is 0 Å². The summed E-state index contributed by atoms with van der Waals surface area (Å²) >= 11 is 0. The van der Waals surface area contributed by atoms with Crippen LogP contribution in [0.2, 0.25) is 0 Å². The third-order valence-electron chi connectivity index (χ3n) is 7.67. The Labute approximate surface area is 282 Å². The molecule has 0 aromatic heterocycles. The molecule has 0 spiro atoms. The molecule has 0 fully saturated rings. The second kappa shape index (κ2) is 24.5. The van der Waals surface area contributed by atoms with E-state index in [1.807, 2.05) is 0 Å². The van der Waals surface area contributed by atoms with E-state index in [1.165, 1.54) is 65.2 Å². The minimum atomic E-state index is -1.22. The Morgan fingerprint density at radius 1 is 0.723 bits per heavy atom. The molecule has 1 unspecified atom stereocenters. The van der Waals surface area contributed by atoms with Gasteiger partial charge in [-0.1, -0.05) is 96.4 Å². The molecule has 0 aliphatic carbocycles. The number of allylic oxidation sites excluding steroid dienone is 2. The zero-order valence-corrected chi connectivity index (χ0v) is 29.4. The Balaban J connectivity index is 2.37. The quantitative estimate of drug-likeness (QED) is 0.0558. The van der Waals surface area contributed by atoms with E-state index >= 15 is 0 Å². The van der Waals surface area contributed by atoms with Gasteiger partial charge in [0.1, 0.15) is 6.61 Å². The van der Waals surface area contributed by atoms with Gasteiger partial charge in [0.25, 0.3) is 5.91 Å². The van der Waals surface area contributed by atoms with E-state index in [2.05, 4.69) is 35.0 Å². The van der Waals surface area contributed by atoms with E-state index < -0.39 is 29.4 Å². The number of esters is 2. The third kappa shape index (κ3) is 20.2. The first kappa shape index (κ1) is 41.3. The molecule has 0 bridgehead atoms.